The lowest BCUT2D eigenvalue weighted by atomic mass is 10.3. The number of esters is 1. The second-order valence-corrected chi connectivity index (χ2v) is 9.26. The van der Waals surface area contributed by atoms with Gasteiger partial charge in [-0.1, -0.05) is 0 Å². The Hall–Kier alpha value is -2.50. The summed E-state index contributed by atoms with van der Waals surface area (Å²) in [7, 11) is 2.70. The minimum Gasteiger partial charge on any atom is -0.456 e. The molecule has 2 aromatic rings. The number of nitrogens with one attached hydrogen (secondary N) is 1. The summed E-state index contributed by atoms with van der Waals surface area (Å²) in [5, 5.41) is 2.65. The van der Waals surface area contributed by atoms with Gasteiger partial charge in [-0.15, -0.1) is 0 Å². The SMILES string of the molecule is COCC(C)NC(=O)COC(=O)CCc1nc2cc(S(=O)(=O)N(C)C)ccc2n1C. The van der Waals surface area contributed by atoms with Crippen molar-refractivity contribution in [3.63, 3.8) is 0 Å². The average molecular weight is 441 g/mol. The normalized spacial score (nSPS) is 12.9. The number of methoxy groups -OCH3 is 1. The number of aromatic nitrogens is 2. The minimum atomic E-state index is -3.56. The molecule has 0 saturated carbocycles. The summed E-state index contributed by atoms with van der Waals surface area (Å²) in [6.07, 6.45) is 0.336. The maximum atomic E-state index is 12.3. The van der Waals surface area contributed by atoms with Crippen molar-refractivity contribution in [3.05, 3.63) is 24.0 Å². The lowest BCUT2D eigenvalue weighted by Gasteiger charge is -2.12. The summed E-state index contributed by atoms with van der Waals surface area (Å²) in [5.74, 6) is -0.308. The van der Waals surface area contributed by atoms with E-state index in [1.165, 1.54) is 33.3 Å². The first-order valence-electron chi connectivity index (χ1n) is 9.38. The molecule has 0 saturated heterocycles. The van der Waals surface area contributed by atoms with Crippen LogP contribution in [0.3, 0.4) is 0 Å². The van der Waals surface area contributed by atoms with E-state index < -0.39 is 21.9 Å². The van der Waals surface area contributed by atoms with Crippen LogP contribution in [-0.4, -0.2) is 74.6 Å². The fraction of sp³-hybridized carbons (Fsp3) is 0.526. The van der Waals surface area contributed by atoms with Crippen molar-refractivity contribution in [3.8, 4) is 0 Å². The molecule has 0 fully saturated rings. The topological polar surface area (TPSA) is 120 Å². The first-order chi connectivity index (χ1) is 14.1. The van der Waals surface area contributed by atoms with Gasteiger partial charge in [0.25, 0.3) is 5.91 Å². The number of imidazole rings is 1. The van der Waals surface area contributed by atoms with Crippen molar-refractivity contribution in [1.82, 2.24) is 19.2 Å². The van der Waals surface area contributed by atoms with Crippen molar-refractivity contribution in [2.45, 2.75) is 30.7 Å². The molecular weight excluding hydrogens is 412 g/mol. The third-order valence-corrected chi connectivity index (χ3v) is 6.28. The summed E-state index contributed by atoms with van der Waals surface area (Å²) < 4.78 is 37.5. The molecule has 1 aromatic heterocycles. The third-order valence-electron chi connectivity index (χ3n) is 4.46. The van der Waals surface area contributed by atoms with Crippen molar-refractivity contribution in [1.29, 1.82) is 0 Å². The quantitative estimate of drug-likeness (QED) is 0.533. The molecule has 1 heterocycles. The largest absolute Gasteiger partial charge is 0.456 e. The molecule has 166 valence electrons. The van der Waals surface area contributed by atoms with Crippen LogP contribution in [0.1, 0.15) is 19.2 Å². The number of amides is 1. The standard InChI is InChI=1S/C19H28N4O6S/c1-13(11-28-5)20-18(24)12-29-19(25)9-8-17-21-15-10-14(30(26,27)22(2)3)6-7-16(15)23(17)4/h6-7,10,13H,8-9,11-12H2,1-5H3,(H,20,24). The second kappa shape index (κ2) is 10.0. The number of nitrogens with zero attached hydrogens (tertiary/aromatic N) is 3. The first kappa shape index (κ1) is 23.8. The van der Waals surface area contributed by atoms with Crippen LogP contribution in [0.2, 0.25) is 0 Å². The molecule has 1 aromatic carbocycles. The van der Waals surface area contributed by atoms with Crippen LogP contribution in [0.15, 0.2) is 23.1 Å². The van der Waals surface area contributed by atoms with Crippen molar-refractivity contribution < 1.29 is 27.5 Å². The van der Waals surface area contributed by atoms with Crippen LogP contribution in [0, 0.1) is 0 Å². The highest BCUT2D eigenvalue weighted by Crippen LogP contribution is 2.21. The van der Waals surface area contributed by atoms with Gasteiger partial charge >= 0.3 is 5.97 Å². The Labute approximate surface area is 176 Å². The Balaban J connectivity index is 1.98. The maximum Gasteiger partial charge on any atom is 0.306 e. The van der Waals surface area contributed by atoms with Gasteiger partial charge in [0.05, 0.1) is 29.0 Å². The molecule has 1 amide bonds. The fourth-order valence-electron chi connectivity index (χ4n) is 2.86. The zero-order chi connectivity index (χ0) is 22.5. The summed E-state index contributed by atoms with van der Waals surface area (Å²) in [4.78, 5) is 28.3. The Kier molecular flexibility index (Phi) is 7.93. The van der Waals surface area contributed by atoms with Crippen LogP contribution in [0.5, 0.6) is 0 Å². The summed E-state index contributed by atoms with van der Waals surface area (Å²) in [6, 6.07) is 4.55. The number of sulfonamides is 1. The fourth-order valence-corrected chi connectivity index (χ4v) is 3.79. The van der Waals surface area contributed by atoms with Gasteiger partial charge < -0.3 is 19.4 Å². The molecule has 0 spiro atoms. The maximum absolute atomic E-state index is 12.3. The molecule has 0 radical (unpaired) electrons. The zero-order valence-electron chi connectivity index (χ0n) is 17.8. The third kappa shape index (κ3) is 5.77. The number of carbonyl (C=O) groups is 2. The molecule has 2 rings (SSSR count). The van der Waals surface area contributed by atoms with Crippen molar-refractivity contribution in [2.24, 2.45) is 7.05 Å². The van der Waals surface area contributed by atoms with Gasteiger partial charge in [0.15, 0.2) is 6.61 Å². The van der Waals surface area contributed by atoms with Gasteiger partial charge in [-0.05, 0) is 25.1 Å². The van der Waals surface area contributed by atoms with Gasteiger partial charge in [-0.25, -0.2) is 17.7 Å². The highest BCUT2D eigenvalue weighted by molar-refractivity contribution is 7.89. The molecule has 0 aliphatic heterocycles. The van der Waals surface area contributed by atoms with E-state index in [9.17, 15) is 18.0 Å². The van der Waals surface area contributed by atoms with E-state index in [0.29, 0.717) is 24.4 Å². The van der Waals surface area contributed by atoms with E-state index in [1.807, 2.05) is 0 Å². The lowest BCUT2D eigenvalue weighted by Crippen LogP contribution is -2.38. The molecule has 30 heavy (non-hydrogen) atoms. The summed E-state index contributed by atoms with van der Waals surface area (Å²) in [6.45, 7) is 1.79. The molecule has 1 atom stereocenters. The van der Waals surface area contributed by atoms with Crippen LogP contribution >= 0.6 is 0 Å². The predicted molar refractivity (Wildman–Crippen MR) is 110 cm³/mol. The van der Waals surface area contributed by atoms with Crippen molar-refractivity contribution in [2.75, 3.05) is 34.4 Å². The van der Waals surface area contributed by atoms with Crippen LogP contribution in [0.4, 0.5) is 0 Å². The molecule has 0 aliphatic carbocycles. The second-order valence-electron chi connectivity index (χ2n) is 7.11. The Morgan fingerprint density at radius 2 is 2.00 bits per heavy atom. The van der Waals surface area contributed by atoms with Crippen molar-refractivity contribution >= 4 is 32.9 Å². The van der Waals surface area contributed by atoms with E-state index >= 15 is 0 Å². The van der Waals surface area contributed by atoms with Gasteiger partial charge in [0.1, 0.15) is 5.82 Å². The molecule has 1 unspecified atom stereocenters. The highest BCUT2D eigenvalue weighted by atomic mass is 32.2. The number of carbonyl (C=O) groups excluding carboxylic acids is 2. The molecule has 11 heteroatoms. The van der Waals surface area contributed by atoms with Gasteiger partial charge in [0.2, 0.25) is 10.0 Å². The summed E-state index contributed by atoms with van der Waals surface area (Å²) >= 11 is 0. The van der Waals surface area contributed by atoms with E-state index in [-0.39, 0.29) is 24.0 Å². The molecule has 0 aliphatic rings. The monoisotopic (exact) mass is 440 g/mol. The molecule has 10 nitrogen and oxygen atoms in total. The average Bonchev–Trinajstić information content (AvgIpc) is 3.00. The predicted octanol–water partition coefficient (Wildman–Crippen LogP) is 0.451. The Morgan fingerprint density at radius 3 is 2.63 bits per heavy atom. The van der Waals surface area contributed by atoms with E-state index in [4.69, 9.17) is 9.47 Å². The van der Waals surface area contributed by atoms with E-state index in [2.05, 4.69) is 10.3 Å². The van der Waals surface area contributed by atoms with Gasteiger partial charge in [0, 0.05) is 40.7 Å². The first-order valence-corrected chi connectivity index (χ1v) is 10.8. The van der Waals surface area contributed by atoms with E-state index in [0.717, 1.165) is 9.82 Å². The van der Waals surface area contributed by atoms with Crippen LogP contribution in [-0.2, 0) is 42.6 Å². The van der Waals surface area contributed by atoms with E-state index in [1.54, 1.807) is 24.6 Å². The molecular formula is C19H28N4O6S. The Bertz CT molecular complexity index is 1020. The molecule has 1 N–H and O–H groups in total. The number of ether oxygens (including phenoxy) is 2. The number of rotatable bonds is 10. The van der Waals surface area contributed by atoms with Gasteiger partial charge in [-0.3, -0.25) is 9.59 Å². The highest BCUT2D eigenvalue weighted by Gasteiger charge is 2.19. The number of hydrogen-bond acceptors (Lipinski definition) is 7. The summed E-state index contributed by atoms with van der Waals surface area (Å²) in [5.41, 5.74) is 1.28. The number of fused-ring (bicyclic) bond motifs is 1. The molecule has 0 bridgehead atoms. The number of aryl methyl sites for hydroxylation is 2. The smallest absolute Gasteiger partial charge is 0.306 e. The Morgan fingerprint density at radius 1 is 1.30 bits per heavy atom. The lowest BCUT2D eigenvalue weighted by molar-refractivity contribution is -0.148. The zero-order valence-corrected chi connectivity index (χ0v) is 18.7. The van der Waals surface area contributed by atoms with Crippen LogP contribution < -0.4 is 5.32 Å². The minimum absolute atomic E-state index is 0.0426. The van der Waals surface area contributed by atoms with Gasteiger partial charge in [-0.2, -0.15) is 0 Å². The number of hydrogen-bond donors (Lipinski definition) is 1. The van der Waals surface area contributed by atoms with Crippen LogP contribution in [0.25, 0.3) is 11.0 Å². The number of benzene rings is 1.